The summed E-state index contributed by atoms with van der Waals surface area (Å²) in [5, 5.41) is 0.554. The zero-order valence-electron chi connectivity index (χ0n) is 32.1. The fourth-order valence-corrected chi connectivity index (χ4v) is 9.00. The van der Waals surface area contributed by atoms with Gasteiger partial charge in [0.05, 0.1) is 18.4 Å². The summed E-state index contributed by atoms with van der Waals surface area (Å²) in [4.78, 5) is 33.2. The molecule has 8 rings (SSSR count). The van der Waals surface area contributed by atoms with E-state index in [0.29, 0.717) is 41.3 Å². The topological polar surface area (TPSA) is 156 Å². The van der Waals surface area contributed by atoms with Crippen LogP contribution in [0.15, 0.2) is 85.2 Å². The Morgan fingerprint density at radius 1 is 0.915 bits per heavy atom. The highest BCUT2D eigenvalue weighted by Crippen LogP contribution is 2.39. The maximum atomic E-state index is 14.1. The predicted molar refractivity (Wildman–Crippen MR) is 213 cm³/mol. The molecule has 3 aliphatic heterocycles. The zero-order chi connectivity index (χ0) is 41.0. The molecular formula is C42H45Cl2F2N3O9S. The number of carbonyl (C=O) groups excluding carboxylic acids is 2. The Balaban J connectivity index is 0.00000585. The van der Waals surface area contributed by atoms with Crippen LogP contribution in [0.2, 0.25) is 10.0 Å². The Kier molecular flexibility index (Phi) is 14.5. The molecule has 3 atom stereocenters. The number of halogens is 4. The Hall–Kier alpha value is -4.38. The van der Waals surface area contributed by atoms with E-state index < -0.39 is 40.7 Å². The van der Waals surface area contributed by atoms with Crippen molar-refractivity contribution in [3.8, 4) is 11.5 Å². The van der Waals surface area contributed by atoms with Crippen LogP contribution in [0.1, 0.15) is 70.4 Å². The number of alkyl halides is 2. The van der Waals surface area contributed by atoms with Gasteiger partial charge in [-0.3, -0.25) is 4.90 Å². The van der Waals surface area contributed by atoms with Crippen LogP contribution in [0.3, 0.4) is 0 Å². The monoisotopic (exact) mass is 875 g/mol. The second-order valence-electron chi connectivity index (χ2n) is 15.0. The standard InChI is InChI=1S/C42H43Cl2F2N3O8S.H2O/c1-58(52,53)49(39(29-7-3-2-4-8-29)41(51)56-38-24-48-16-14-28(38)15-17-48)23-27-6-5-9-31(18-27)40(50)55-36(20-32-33(43)21-47-22-34(32)44)30-12-13-35(57-42(45)46)37(19-30)54-25-26-10-11-26;/h2-9,12-13,18-19,21-22,26,28,36,38-39,42H,10-11,14-17,20,23-25H2,1H3;1H2/t36-,38-,39?;/m0./s1. The van der Waals surface area contributed by atoms with Gasteiger partial charge in [-0.15, -0.1) is 0 Å². The number of aromatic nitrogens is 1. The highest BCUT2D eigenvalue weighted by Gasteiger charge is 2.41. The molecule has 1 aromatic heterocycles. The summed E-state index contributed by atoms with van der Waals surface area (Å²) in [6, 6.07) is 17.9. The van der Waals surface area contributed by atoms with E-state index in [1.807, 2.05) is 0 Å². The predicted octanol–water partition coefficient (Wildman–Crippen LogP) is 7.30. The van der Waals surface area contributed by atoms with Gasteiger partial charge in [0.25, 0.3) is 0 Å². The second kappa shape index (κ2) is 19.3. The van der Waals surface area contributed by atoms with Crippen molar-refractivity contribution >= 4 is 45.2 Å². The normalized spacial score (nSPS) is 19.7. The molecule has 316 valence electrons. The first-order valence-corrected chi connectivity index (χ1v) is 21.7. The Labute approximate surface area is 351 Å². The molecule has 2 bridgehead atoms. The van der Waals surface area contributed by atoms with Gasteiger partial charge in [-0.05, 0) is 91.6 Å². The molecular weight excluding hydrogens is 831 g/mol. The summed E-state index contributed by atoms with van der Waals surface area (Å²) in [6.07, 6.45) is 6.43. The summed E-state index contributed by atoms with van der Waals surface area (Å²) in [7, 11) is -4.05. The molecule has 4 aromatic rings. The van der Waals surface area contributed by atoms with Crippen LogP contribution in [0.4, 0.5) is 8.78 Å². The number of sulfonamides is 1. The van der Waals surface area contributed by atoms with Crippen LogP contribution < -0.4 is 14.5 Å². The SMILES string of the molecule is CS(=O)(=O)N(Cc1cccc(C(=O)O[C@@H](Cc2c(Cl)c[nH+]cc2Cl)c2ccc(OC(F)F)c(OCC3CC3)c2)c1)C(C(=O)O[C@H]1CN2CCC1CC2)c1ccccc1.[OH-]. The summed E-state index contributed by atoms with van der Waals surface area (Å²) < 4.78 is 77.7. The van der Waals surface area contributed by atoms with Crippen molar-refractivity contribution in [3.63, 3.8) is 0 Å². The summed E-state index contributed by atoms with van der Waals surface area (Å²) >= 11 is 13.0. The molecule has 1 aliphatic carbocycles. The van der Waals surface area contributed by atoms with Gasteiger partial charge in [-0.25, -0.2) is 23.0 Å². The van der Waals surface area contributed by atoms with Gasteiger partial charge >= 0.3 is 18.6 Å². The number of nitrogens with zero attached hydrogens (tertiary/aromatic N) is 2. The van der Waals surface area contributed by atoms with Crippen LogP contribution in [-0.4, -0.2) is 80.3 Å². The summed E-state index contributed by atoms with van der Waals surface area (Å²) in [5.41, 5.74) is 1.79. The fraction of sp³-hybridized carbons (Fsp3) is 0.405. The average Bonchev–Trinajstić information content (AvgIpc) is 4.03. The second-order valence-corrected chi connectivity index (χ2v) is 17.8. The maximum absolute atomic E-state index is 14.1. The number of piperidine rings is 3. The molecule has 1 saturated carbocycles. The van der Waals surface area contributed by atoms with Gasteiger partial charge in [-0.2, -0.15) is 13.1 Å². The first-order chi connectivity index (χ1) is 27.8. The number of hydrogen-bond acceptors (Lipinski definition) is 10. The molecule has 4 fully saturated rings. The molecule has 3 saturated heterocycles. The largest absolute Gasteiger partial charge is 0.870 e. The van der Waals surface area contributed by atoms with Gasteiger partial charge in [0.15, 0.2) is 23.9 Å². The lowest BCUT2D eigenvalue weighted by molar-refractivity contribution is -0.377. The van der Waals surface area contributed by atoms with Crippen LogP contribution >= 0.6 is 23.2 Å². The number of ether oxygens (including phenoxy) is 4. The lowest BCUT2D eigenvalue weighted by Gasteiger charge is -2.44. The Morgan fingerprint density at radius 2 is 1.63 bits per heavy atom. The first-order valence-electron chi connectivity index (χ1n) is 19.1. The van der Waals surface area contributed by atoms with Gasteiger partial charge in [0, 0.05) is 25.1 Å². The number of H-pyrrole nitrogens is 1. The van der Waals surface area contributed by atoms with E-state index in [9.17, 15) is 26.8 Å². The Morgan fingerprint density at radius 3 is 2.25 bits per heavy atom. The van der Waals surface area contributed by atoms with E-state index in [1.54, 1.807) is 42.5 Å². The molecule has 4 heterocycles. The molecule has 0 radical (unpaired) electrons. The number of benzene rings is 3. The number of carbonyl (C=O) groups is 2. The smallest absolute Gasteiger partial charge is 0.387 e. The zero-order valence-corrected chi connectivity index (χ0v) is 34.5. The van der Waals surface area contributed by atoms with Crippen LogP contribution in [0.5, 0.6) is 11.5 Å². The minimum Gasteiger partial charge on any atom is -0.870 e. The summed E-state index contributed by atoms with van der Waals surface area (Å²) in [5.74, 6) is -1.04. The van der Waals surface area contributed by atoms with Crippen LogP contribution in [0.25, 0.3) is 0 Å². The van der Waals surface area contributed by atoms with E-state index in [0.717, 1.165) is 49.3 Å². The van der Waals surface area contributed by atoms with Gasteiger partial charge in [-0.1, -0.05) is 71.7 Å². The van der Waals surface area contributed by atoms with Crippen molar-refractivity contribution in [1.29, 1.82) is 0 Å². The highest BCUT2D eigenvalue weighted by molar-refractivity contribution is 7.88. The molecule has 0 spiro atoms. The van der Waals surface area contributed by atoms with E-state index in [4.69, 9.17) is 42.1 Å². The quantitative estimate of drug-likeness (QED) is 0.0987. The number of fused-ring (bicyclic) bond motifs is 3. The number of esters is 2. The fourth-order valence-electron chi connectivity index (χ4n) is 7.49. The molecule has 0 amide bonds. The van der Waals surface area contributed by atoms with E-state index in [2.05, 4.69) is 9.88 Å². The highest BCUT2D eigenvalue weighted by atomic mass is 35.5. The number of rotatable bonds is 17. The lowest BCUT2D eigenvalue weighted by Crippen LogP contribution is -2.52. The molecule has 3 aromatic carbocycles. The van der Waals surface area contributed by atoms with Gasteiger partial charge in [0.1, 0.15) is 28.3 Å². The van der Waals surface area contributed by atoms with Gasteiger partial charge < -0.3 is 24.4 Å². The molecule has 2 N–H and O–H groups in total. The van der Waals surface area contributed by atoms with Crippen molar-refractivity contribution in [2.45, 2.75) is 63.5 Å². The third-order valence-electron chi connectivity index (χ3n) is 10.8. The summed E-state index contributed by atoms with van der Waals surface area (Å²) in [6.45, 7) is -0.561. The number of hydrogen-bond donors (Lipinski definition) is 0. The average molecular weight is 877 g/mol. The van der Waals surface area contributed by atoms with E-state index >= 15 is 0 Å². The van der Waals surface area contributed by atoms with Crippen molar-refractivity contribution < 1.29 is 56.2 Å². The van der Waals surface area contributed by atoms with Crippen LogP contribution in [0, 0.1) is 11.8 Å². The number of pyridine rings is 1. The molecule has 12 nitrogen and oxygen atoms in total. The molecule has 17 heteroatoms. The van der Waals surface area contributed by atoms with Crippen molar-refractivity contribution in [2.75, 3.05) is 32.5 Å². The molecule has 4 aliphatic rings. The van der Waals surface area contributed by atoms with Crippen molar-refractivity contribution in [2.24, 2.45) is 11.8 Å². The lowest BCUT2D eigenvalue weighted by atomic mass is 9.86. The minimum atomic E-state index is -4.05. The third kappa shape index (κ3) is 11.3. The van der Waals surface area contributed by atoms with Crippen molar-refractivity contribution in [3.05, 3.63) is 123 Å². The third-order valence-corrected chi connectivity index (χ3v) is 12.6. The Bertz CT molecular complexity index is 2190. The van der Waals surface area contributed by atoms with E-state index in [-0.39, 0.29) is 57.6 Å². The van der Waals surface area contributed by atoms with Crippen molar-refractivity contribution in [1.82, 2.24) is 9.21 Å². The molecule has 1 unspecified atom stereocenters. The van der Waals surface area contributed by atoms with E-state index in [1.165, 1.54) is 42.7 Å². The number of aromatic amines is 1. The van der Waals surface area contributed by atoms with Crippen LogP contribution in [-0.2, 0) is 37.3 Å². The molecule has 59 heavy (non-hydrogen) atoms. The first kappa shape index (κ1) is 44.2. The van der Waals surface area contributed by atoms with Gasteiger partial charge in [0.2, 0.25) is 10.0 Å². The minimum absolute atomic E-state index is 0. The number of nitrogens with one attached hydrogen (secondary N) is 1. The maximum Gasteiger partial charge on any atom is 0.387 e.